The number of carboxylic acid groups (broad SMARTS) is 1. The Balaban J connectivity index is 3.01. The van der Waals surface area contributed by atoms with E-state index in [1.807, 2.05) is 31.2 Å². The molecule has 0 heterocycles. The van der Waals surface area contributed by atoms with Crippen molar-refractivity contribution < 1.29 is 9.90 Å². The summed E-state index contributed by atoms with van der Waals surface area (Å²) in [4.78, 5) is 11.3. The van der Waals surface area contributed by atoms with Gasteiger partial charge in [0.25, 0.3) is 0 Å². The molecule has 0 amide bonds. The Kier molecular flexibility index (Phi) is 4.73. The van der Waals surface area contributed by atoms with E-state index in [0.717, 1.165) is 15.6 Å². The number of rotatable bonds is 5. The van der Waals surface area contributed by atoms with Gasteiger partial charge in [-0.1, -0.05) is 19.1 Å². The minimum absolute atomic E-state index is 0.689. The van der Waals surface area contributed by atoms with Gasteiger partial charge in [-0.15, -0.1) is 0 Å². The van der Waals surface area contributed by atoms with Gasteiger partial charge in [0.2, 0.25) is 0 Å². The maximum atomic E-state index is 11.3. The first-order valence-corrected chi connectivity index (χ1v) is 6.33. The second-order valence-corrected chi connectivity index (χ2v) is 5.11. The van der Waals surface area contributed by atoms with Crippen LogP contribution in [0.5, 0.6) is 0 Å². The molecule has 1 aromatic carbocycles. The molecule has 0 aliphatic heterocycles. The van der Waals surface area contributed by atoms with Crippen molar-refractivity contribution in [2.45, 2.75) is 25.8 Å². The van der Waals surface area contributed by atoms with Crippen LogP contribution < -0.4 is 5.32 Å². The van der Waals surface area contributed by atoms with Gasteiger partial charge in [-0.05, 0) is 60.2 Å². The van der Waals surface area contributed by atoms with E-state index in [4.69, 9.17) is 0 Å². The van der Waals surface area contributed by atoms with Gasteiger partial charge < -0.3 is 5.11 Å². The Hall–Kier alpha value is -0.620. The van der Waals surface area contributed by atoms with Crippen molar-refractivity contribution in [3.8, 4) is 0 Å². The highest BCUT2D eigenvalue weighted by atomic mass is 127. The lowest BCUT2D eigenvalue weighted by Gasteiger charge is -2.26. The maximum Gasteiger partial charge on any atom is 0.328 e. The topological polar surface area (TPSA) is 49.3 Å². The third-order valence-electron chi connectivity index (χ3n) is 2.58. The van der Waals surface area contributed by atoms with Gasteiger partial charge in [0.05, 0.1) is 0 Å². The Morgan fingerprint density at radius 1 is 1.44 bits per heavy atom. The minimum Gasteiger partial charge on any atom is -0.480 e. The third kappa shape index (κ3) is 2.95. The second kappa shape index (κ2) is 5.63. The van der Waals surface area contributed by atoms with Crippen LogP contribution in [0, 0.1) is 3.57 Å². The maximum absolute atomic E-state index is 11.3. The number of halogens is 1. The van der Waals surface area contributed by atoms with Crippen molar-refractivity contribution in [3.63, 3.8) is 0 Å². The lowest BCUT2D eigenvalue weighted by molar-refractivity contribution is -0.144. The molecule has 0 saturated carbocycles. The molecule has 0 saturated heterocycles. The molecule has 88 valence electrons. The summed E-state index contributed by atoms with van der Waals surface area (Å²) in [6.07, 6.45) is 0.910. The molecule has 0 bridgehead atoms. The molecule has 2 N–H and O–H groups in total. The fraction of sp³-hybridized carbons (Fsp3) is 0.417. The van der Waals surface area contributed by atoms with Gasteiger partial charge in [0.15, 0.2) is 0 Å². The monoisotopic (exact) mass is 333 g/mol. The van der Waals surface area contributed by atoms with E-state index in [9.17, 15) is 9.90 Å². The van der Waals surface area contributed by atoms with Gasteiger partial charge in [-0.25, -0.2) is 4.79 Å². The molecule has 1 aromatic rings. The summed E-state index contributed by atoms with van der Waals surface area (Å²) < 4.78 is 1.10. The predicted molar refractivity (Wildman–Crippen MR) is 72.4 cm³/mol. The zero-order valence-corrected chi connectivity index (χ0v) is 11.6. The van der Waals surface area contributed by atoms with Gasteiger partial charge in [-0.2, -0.15) is 0 Å². The number of nitrogens with one attached hydrogen (secondary N) is 1. The third-order valence-corrected chi connectivity index (χ3v) is 3.30. The SMILES string of the molecule is CCCNC(C)(C(=O)O)c1ccc(I)cc1. The molecule has 16 heavy (non-hydrogen) atoms. The standard InChI is InChI=1S/C12H16INO2/c1-3-8-14-12(2,11(15)16)9-4-6-10(13)7-5-9/h4-7,14H,3,8H2,1-2H3,(H,15,16). The summed E-state index contributed by atoms with van der Waals surface area (Å²) in [5.41, 5.74) is -0.214. The molecule has 0 radical (unpaired) electrons. The summed E-state index contributed by atoms with van der Waals surface area (Å²) in [5.74, 6) is -0.845. The van der Waals surface area contributed by atoms with E-state index < -0.39 is 11.5 Å². The van der Waals surface area contributed by atoms with Crippen molar-refractivity contribution in [2.75, 3.05) is 6.54 Å². The van der Waals surface area contributed by atoms with Gasteiger partial charge in [-0.3, -0.25) is 5.32 Å². The fourth-order valence-electron chi connectivity index (χ4n) is 1.46. The van der Waals surface area contributed by atoms with E-state index >= 15 is 0 Å². The summed E-state index contributed by atoms with van der Waals surface area (Å²) >= 11 is 2.20. The average Bonchev–Trinajstić information content (AvgIpc) is 2.26. The molecular weight excluding hydrogens is 317 g/mol. The highest BCUT2D eigenvalue weighted by molar-refractivity contribution is 14.1. The van der Waals surface area contributed by atoms with E-state index in [1.54, 1.807) is 6.92 Å². The van der Waals surface area contributed by atoms with Gasteiger partial charge >= 0.3 is 5.97 Å². The van der Waals surface area contributed by atoms with Crippen molar-refractivity contribution in [2.24, 2.45) is 0 Å². The van der Waals surface area contributed by atoms with E-state index in [2.05, 4.69) is 27.9 Å². The Morgan fingerprint density at radius 3 is 2.44 bits per heavy atom. The molecule has 0 aromatic heterocycles. The Labute approximate surface area is 109 Å². The number of benzene rings is 1. The molecule has 0 aliphatic carbocycles. The van der Waals surface area contributed by atoms with E-state index in [-0.39, 0.29) is 0 Å². The largest absolute Gasteiger partial charge is 0.480 e. The van der Waals surface area contributed by atoms with Crippen LogP contribution in [0.1, 0.15) is 25.8 Å². The van der Waals surface area contributed by atoms with Crippen LogP contribution in [-0.2, 0) is 10.3 Å². The first-order chi connectivity index (χ1) is 7.50. The van der Waals surface area contributed by atoms with Gasteiger partial charge in [0, 0.05) is 3.57 Å². The molecule has 3 nitrogen and oxygen atoms in total. The van der Waals surface area contributed by atoms with Crippen molar-refractivity contribution >= 4 is 28.6 Å². The summed E-state index contributed by atoms with van der Waals surface area (Å²) in [5, 5.41) is 12.4. The van der Waals surface area contributed by atoms with Crippen LogP contribution in [-0.4, -0.2) is 17.6 Å². The lowest BCUT2D eigenvalue weighted by atomic mass is 9.92. The second-order valence-electron chi connectivity index (χ2n) is 3.86. The van der Waals surface area contributed by atoms with Crippen LogP contribution in [0.25, 0.3) is 0 Å². The van der Waals surface area contributed by atoms with E-state index in [0.29, 0.717) is 6.54 Å². The highest BCUT2D eigenvalue weighted by Gasteiger charge is 2.34. The van der Waals surface area contributed by atoms with E-state index in [1.165, 1.54) is 0 Å². The summed E-state index contributed by atoms with van der Waals surface area (Å²) in [6, 6.07) is 7.56. The fourth-order valence-corrected chi connectivity index (χ4v) is 1.82. The summed E-state index contributed by atoms with van der Waals surface area (Å²) in [6.45, 7) is 4.41. The molecule has 1 unspecified atom stereocenters. The lowest BCUT2D eigenvalue weighted by Crippen LogP contribution is -2.46. The molecule has 1 atom stereocenters. The quantitative estimate of drug-likeness (QED) is 0.815. The average molecular weight is 333 g/mol. The number of carboxylic acids is 1. The smallest absolute Gasteiger partial charge is 0.328 e. The molecule has 4 heteroatoms. The summed E-state index contributed by atoms with van der Waals surface area (Å²) in [7, 11) is 0. The molecule has 0 aliphatic rings. The van der Waals surface area contributed by atoms with Crippen LogP contribution in [0.15, 0.2) is 24.3 Å². The molecule has 0 spiro atoms. The van der Waals surface area contributed by atoms with Gasteiger partial charge in [0.1, 0.15) is 5.54 Å². The number of aliphatic carboxylic acids is 1. The number of hydrogen-bond donors (Lipinski definition) is 2. The van der Waals surface area contributed by atoms with Crippen LogP contribution in [0.2, 0.25) is 0 Å². The zero-order chi connectivity index (χ0) is 12.2. The molecular formula is C12H16INO2. The van der Waals surface area contributed by atoms with Crippen molar-refractivity contribution in [1.29, 1.82) is 0 Å². The minimum atomic E-state index is -1.000. The van der Waals surface area contributed by atoms with Crippen LogP contribution in [0.4, 0.5) is 0 Å². The predicted octanol–water partition coefficient (Wildman–Crippen LogP) is 2.59. The Morgan fingerprint density at radius 2 is 2.00 bits per heavy atom. The molecule has 1 rings (SSSR count). The molecule has 0 fully saturated rings. The normalized spacial score (nSPS) is 14.4. The highest BCUT2D eigenvalue weighted by Crippen LogP contribution is 2.22. The number of carbonyl (C=O) groups is 1. The van der Waals surface area contributed by atoms with Crippen LogP contribution in [0.3, 0.4) is 0 Å². The number of hydrogen-bond acceptors (Lipinski definition) is 2. The van der Waals surface area contributed by atoms with Crippen molar-refractivity contribution in [1.82, 2.24) is 5.32 Å². The van der Waals surface area contributed by atoms with Crippen molar-refractivity contribution in [3.05, 3.63) is 33.4 Å². The first-order valence-electron chi connectivity index (χ1n) is 5.25. The zero-order valence-electron chi connectivity index (χ0n) is 9.46. The Bertz CT molecular complexity index is 364. The first kappa shape index (κ1) is 13.4. The van der Waals surface area contributed by atoms with Crippen LogP contribution >= 0.6 is 22.6 Å².